The predicted octanol–water partition coefficient (Wildman–Crippen LogP) is 7.31. The fourth-order valence-corrected chi connectivity index (χ4v) is 5.30. The number of benzene rings is 2. The third kappa shape index (κ3) is 3.95. The van der Waals surface area contributed by atoms with Crippen LogP contribution in [-0.2, 0) is 12.8 Å². The van der Waals surface area contributed by atoms with Crippen LogP contribution in [0.2, 0.25) is 0 Å². The van der Waals surface area contributed by atoms with E-state index >= 15 is 0 Å². The summed E-state index contributed by atoms with van der Waals surface area (Å²) in [6.45, 7) is 2.29. The lowest BCUT2D eigenvalue weighted by Gasteiger charge is -2.29. The molecule has 0 bridgehead atoms. The molecule has 0 N–H and O–H groups in total. The first-order chi connectivity index (χ1) is 13.2. The average molecular weight is 369 g/mol. The normalized spacial score (nSPS) is 25.2. The van der Waals surface area contributed by atoms with Crippen molar-refractivity contribution in [1.29, 1.82) is 0 Å². The maximum absolute atomic E-state index is 14.0. The molecule has 2 heteroatoms. The summed E-state index contributed by atoms with van der Waals surface area (Å²) >= 11 is 0. The Morgan fingerprint density at radius 3 is 2.15 bits per heavy atom. The van der Waals surface area contributed by atoms with E-state index < -0.39 is 11.6 Å². The van der Waals surface area contributed by atoms with Crippen molar-refractivity contribution >= 4 is 0 Å². The van der Waals surface area contributed by atoms with Gasteiger partial charge in [0.2, 0.25) is 0 Å². The van der Waals surface area contributed by atoms with Gasteiger partial charge in [0.05, 0.1) is 0 Å². The summed E-state index contributed by atoms with van der Waals surface area (Å²) in [7, 11) is 0. The number of hydrogen-bond acceptors (Lipinski definition) is 0. The van der Waals surface area contributed by atoms with Crippen molar-refractivity contribution in [1.82, 2.24) is 0 Å². The number of halogens is 2. The quantitative estimate of drug-likeness (QED) is 0.530. The van der Waals surface area contributed by atoms with Gasteiger partial charge in [-0.15, -0.1) is 0 Å². The summed E-state index contributed by atoms with van der Waals surface area (Å²) in [6, 6.07) is 12.2. The number of hydrogen-bond donors (Lipinski definition) is 0. The topological polar surface area (TPSA) is 0 Å². The summed E-state index contributed by atoms with van der Waals surface area (Å²) in [5.74, 6) is 0.719. The van der Waals surface area contributed by atoms with Crippen LogP contribution >= 0.6 is 0 Å². The minimum atomic E-state index is -0.717. The molecule has 1 atom stereocenters. The maximum Gasteiger partial charge on any atom is 0.162 e. The molecule has 0 spiro atoms. The van der Waals surface area contributed by atoms with Crippen molar-refractivity contribution in [3.05, 3.63) is 70.3 Å². The van der Waals surface area contributed by atoms with Crippen LogP contribution in [0.25, 0.3) is 0 Å². The van der Waals surface area contributed by atoms with Gasteiger partial charge in [0.15, 0.2) is 11.6 Å². The van der Waals surface area contributed by atoms with Gasteiger partial charge >= 0.3 is 0 Å². The Morgan fingerprint density at radius 1 is 0.815 bits per heavy atom. The van der Waals surface area contributed by atoms with Crippen LogP contribution in [0.15, 0.2) is 36.4 Å². The van der Waals surface area contributed by atoms with Gasteiger partial charge < -0.3 is 0 Å². The summed E-state index contributed by atoms with van der Waals surface area (Å²) in [5.41, 5.74) is 4.39. The van der Waals surface area contributed by atoms with E-state index in [0.717, 1.165) is 30.2 Å². The predicted molar refractivity (Wildman–Crippen MR) is 107 cm³/mol. The first-order valence-electron chi connectivity index (χ1n) is 10.7. The fourth-order valence-electron chi connectivity index (χ4n) is 5.30. The minimum absolute atomic E-state index is 0.414. The molecule has 0 nitrogen and oxygen atoms in total. The van der Waals surface area contributed by atoms with E-state index in [2.05, 4.69) is 31.2 Å². The van der Waals surface area contributed by atoms with Crippen LogP contribution in [0, 0.1) is 17.6 Å². The largest absolute Gasteiger partial charge is 0.204 e. The van der Waals surface area contributed by atoms with Gasteiger partial charge in [0.25, 0.3) is 0 Å². The molecule has 27 heavy (non-hydrogen) atoms. The Kier molecular flexibility index (Phi) is 5.61. The second kappa shape index (κ2) is 8.12. The van der Waals surface area contributed by atoms with E-state index in [9.17, 15) is 8.78 Å². The molecular formula is C25H30F2. The van der Waals surface area contributed by atoms with E-state index in [1.54, 1.807) is 6.07 Å². The van der Waals surface area contributed by atoms with Crippen LogP contribution in [0.1, 0.15) is 86.0 Å². The standard InChI is InChI=1S/C25H30F2/c1-2-3-17-4-6-18(7-5-17)19-8-10-20(11-9-19)21-12-14-23-22(16-21)13-15-24(26)25(23)27/h8-11,13,15,17-18,21H,2-7,12,14,16H2,1H3. The Morgan fingerprint density at radius 2 is 1.48 bits per heavy atom. The molecule has 1 saturated carbocycles. The zero-order valence-electron chi connectivity index (χ0n) is 16.3. The molecule has 0 aromatic heterocycles. The first-order valence-corrected chi connectivity index (χ1v) is 10.7. The molecular weight excluding hydrogens is 338 g/mol. The molecule has 2 aromatic carbocycles. The molecule has 1 fully saturated rings. The second-order valence-electron chi connectivity index (χ2n) is 8.61. The molecule has 2 aliphatic rings. The Bertz CT molecular complexity index is 770. The van der Waals surface area contributed by atoms with Crippen LogP contribution in [-0.4, -0.2) is 0 Å². The van der Waals surface area contributed by atoms with Crippen LogP contribution in [0.4, 0.5) is 8.78 Å². The third-order valence-electron chi connectivity index (χ3n) is 6.93. The molecule has 144 valence electrons. The minimum Gasteiger partial charge on any atom is -0.204 e. The Balaban J connectivity index is 1.42. The molecule has 0 aliphatic heterocycles. The van der Waals surface area contributed by atoms with Crippen molar-refractivity contribution in [2.24, 2.45) is 5.92 Å². The first kappa shape index (κ1) is 18.7. The Labute approximate surface area is 162 Å². The second-order valence-corrected chi connectivity index (χ2v) is 8.61. The lowest BCUT2D eigenvalue weighted by Crippen LogP contribution is -2.15. The summed E-state index contributed by atoms with van der Waals surface area (Å²) in [6.07, 6.45) is 10.4. The van der Waals surface area contributed by atoms with Gasteiger partial charge in [-0.1, -0.05) is 50.1 Å². The van der Waals surface area contributed by atoms with Crippen molar-refractivity contribution in [2.75, 3.05) is 0 Å². The number of rotatable bonds is 4. The van der Waals surface area contributed by atoms with E-state index in [1.165, 1.54) is 55.7 Å². The van der Waals surface area contributed by atoms with E-state index in [4.69, 9.17) is 0 Å². The lowest BCUT2D eigenvalue weighted by molar-refractivity contribution is 0.308. The molecule has 0 saturated heterocycles. The molecule has 2 aromatic rings. The molecule has 4 rings (SSSR count). The highest BCUT2D eigenvalue weighted by Crippen LogP contribution is 2.39. The van der Waals surface area contributed by atoms with Crippen molar-refractivity contribution in [3.63, 3.8) is 0 Å². The van der Waals surface area contributed by atoms with E-state index in [-0.39, 0.29) is 0 Å². The van der Waals surface area contributed by atoms with Crippen LogP contribution in [0.5, 0.6) is 0 Å². The van der Waals surface area contributed by atoms with Crippen molar-refractivity contribution in [3.8, 4) is 0 Å². The maximum atomic E-state index is 14.0. The fraction of sp³-hybridized carbons (Fsp3) is 0.520. The van der Waals surface area contributed by atoms with Gasteiger partial charge in [-0.3, -0.25) is 0 Å². The highest BCUT2D eigenvalue weighted by Gasteiger charge is 2.25. The monoisotopic (exact) mass is 368 g/mol. The van der Waals surface area contributed by atoms with Gasteiger partial charge in [-0.2, -0.15) is 0 Å². The third-order valence-corrected chi connectivity index (χ3v) is 6.93. The summed E-state index contributed by atoms with van der Waals surface area (Å²) in [5, 5.41) is 0. The summed E-state index contributed by atoms with van der Waals surface area (Å²) < 4.78 is 27.4. The Hall–Kier alpha value is -1.70. The van der Waals surface area contributed by atoms with Gasteiger partial charge in [-0.25, -0.2) is 8.78 Å². The van der Waals surface area contributed by atoms with E-state index in [0.29, 0.717) is 17.9 Å². The highest BCUT2D eigenvalue weighted by molar-refractivity contribution is 5.36. The average Bonchev–Trinajstić information content (AvgIpc) is 2.72. The number of fused-ring (bicyclic) bond motifs is 1. The molecule has 1 unspecified atom stereocenters. The van der Waals surface area contributed by atoms with Crippen LogP contribution < -0.4 is 0 Å². The van der Waals surface area contributed by atoms with Gasteiger partial charge in [0.1, 0.15) is 0 Å². The SMILES string of the molecule is CCCC1CCC(c2ccc(C3CCc4c(ccc(F)c4F)C3)cc2)CC1. The van der Waals surface area contributed by atoms with Gasteiger partial charge in [0, 0.05) is 0 Å². The zero-order chi connectivity index (χ0) is 18.8. The van der Waals surface area contributed by atoms with Crippen molar-refractivity contribution in [2.45, 2.75) is 76.5 Å². The smallest absolute Gasteiger partial charge is 0.162 e. The van der Waals surface area contributed by atoms with Gasteiger partial charge in [-0.05, 0) is 91.0 Å². The van der Waals surface area contributed by atoms with Crippen LogP contribution in [0.3, 0.4) is 0 Å². The molecule has 0 heterocycles. The highest BCUT2D eigenvalue weighted by atomic mass is 19.2. The molecule has 0 amide bonds. The molecule has 0 radical (unpaired) electrons. The zero-order valence-corrected chi connectivity index (χ0v) is 16.3. The molecule has 2 aliphatic carbocycles. The lowest BCUT2D eigenvalue weighted by atomic mass is 9.76. The van der Waals surface area contributed by atoms with E-state index in [1.807, 2.05) is 0 Å². The summed E-state index contributed by atoms with van der Waals surface area (Å²) in [4.78, 5) is 0. The van der Waals surface area contributed by atoms with Crippen molar-refractivity contribution < 1.29 is 8.78 Å².